The number of amides is 1. The molecule has 1 aromatic heterocycles. The second-order valence-electron chi connectivity index (χ2n) is 4.64. The Balaban J connectivity index is 1.78. The summed E-state index contributed by atoms with van der Waals surface area (Å²) in [5.41, 5.74) is 2.08. The van der Waals surface area contributed by atoms with Gasteiger partial charge in [0, 0.05) is 11.3 Å². The van der Waals surface area contributed by atoms with Gasteiger partial charge in [-0.1, -0.05) is 0 Å². The molecular weight excluding hydrogens is 284 g/mol. The number of carbonyl (C=O) groups excluding carboxylic acids is 1. The van der Waals surface area contributed by atoms with Crippen molar-refractivity contribution < 1.29 is 13.9 Å². The molecule has 0 aliphatic carbocycles. The van der Waals surface area contributed by atoms with Crippen molar-refractivity contribution in [1.82, 2.24) is 4.98 Å². The van der Waals surface area contributed by atoms with Crippen molar-refractivity contribution in [2.45, 2.75) is 6.92 Å². The van der Waals surface area contributed by atoms with Crippen molar-refractivity contribution in [3.05, 3.63) is 58.6 Å². The van der Waals surface area contributed by atoms with Crippen LogP contribution in [0.15, 0.2) is 51.7 Å². The van der Waals surface area contributed by atoms with Crippen molar-refractivity contribution in [2.24, 2.45) is 0 Å². The maximum absolute atomic E-state index is 12.2. The van der Waals surface area contributed by atoms with Crippen molar-refractivity contribution in [1.29, 1.82) is 0 Å². The number of hydrogen-bond donors (Lipinski definition) is 2. The van der Waals surface area contributed by atoms with Crippen molar-refractivity contribution in [3.8, 4) is 5.75 Å². The largest absolute Gasteiger partial charge is 0.494 e. The van der Waals surface area contributed by atoms with Gasteiger partial charge in [-0.15, -0.1) is 0 Å². The summed E-state index contributed by atoms with van der Waals surface area (Å²) < 4.78 is 10.2. The van der Waals surface area contributed by atoms with Gasteiger partial charge in [0.2, 0.25) is 0 Å². The molecule has 0 radical (unpaired) electrons. The van der Waals surface area contributed by atoms with Gasteiger partial charge in [0.05, 0.1) is 12.1 Å². The lowest BCUT2D eigenvalue weighted by atomic mass is 10.2. The van der Waals surface area contributed by atoms with Gasteiger partial charge < -0.3 is 14.5 Å². The molecule has 0 atom stereocenters. The summed E-state index contributed by atoms with van der Waals surface area (Å²) in [4.78, 5) is 25.8. The van der Waals surface area contributed by atoms with E-state index in [2.05, 4.69) is 10.3 Å². The topological polar surface area (TPSA) is 84.3 Å². The van der Waals surface area contributed by atoms with E-state index in [1.165, 1.54) is 0 Å². The third kappa shape index (κ3) is 2.85. The normalized spacial score (nSPS) is 10.6. The first-order valence-corrected chi connectivity index (χ1v) is 6.83. The monoisotopic (exact) mass is 298 g/mol. The van der Waals surface area contributed by atoms with Crippen LogP contribution in [0.2, 0.25) is 0 Å². The number of aromatic amines is 1. The lowest BCUT2D eigenvalue weighted by Crippen LogP contribution is -2.11. The smallest absolute Gasteiger partial charge is 0.417 e. The number of anilines is 1. The van der Waals surface area contributed by atoms with E-state index in [9.17, 15) is 9.59 Å². The number of H-pyrrole nitrogens is 1. The molecule has 112 valence electrons. The number of carbonyl (C=O) groups is 1. The summed E-state index contributed by atoms with van der Waals surface area (Å²) in [7, 11) is 0. The molecule has 0 aliphatic rings. The average Bonchev–Trinajstić information content (AvgIpc) is 2.87. The molecule has 2 N–H and O–H groups in total. The van der Waals surface area contributed by atoms with Crippen LogP contribution in [0.3, 0.4) is 0 Å². The summed E-state index contributed by atoms with van der Waals surface area (Å²) in [6.07, 6.45) is 0. The molecule has 0 spiro atoms. The van der Waals surface area contributed by atoms with E-state index in [-0.39, 0.29) is 5.91 Å². The molecule has 0 saturated carbocycles. The number of benzene rings is 2. The molecule has 1 heterocycles. The van der Waals surface area contributed by atoms with E-state index < -0.39 is 5.76 Å². The third-order valence-electron chi connectivity index (χ3n) is 3.10. The highest BCUT2D eigenvalue weighted by Gasteiger charge is 2.08. The summed E-state index contributed by atoms with van der Waals surface area (Å²) in [6.45, 7) is 2.48. The molecule has 0 saturated heterocycles. The quantitative estimate of drug-likeness (QED) is 0.775. The fourth-order valence-electron chi connectivity index (χ4n) is 2.10. The van der Waals surface area contributed by atoms with Gasteiger partial charge in [-0.05, 0) is 49.4 Å². The third-order valence-corrected chi connectivity index (χ3v) is 3.10. The maximum atomic E-state index is 12.2. The Morgan fingerprint density at radius 3 is 2.73 bits per heavy atom. The van der Waals surface area contributed by atoms with Crippen molar-refractivity contribution in [2.75, 3.05) is 11.9 Å². The molecule has 3 rings (SSSR count). The highest BCUT2D eigenvalue weighted by Crippen LogP contribution is 2.18. The van der Waals surface area contributed by atoms with Crippen LogP contribution in [0.5, 0.6) is 5.75 Å². The first kappa shape index (κ1) is 13.9. The summed E-state index contributed by atoms with van der Waals surface area (Å²) in [5, 5.41) is 2.77. The maximum Gasteiger partial charge on any atom is 0.417 e. The van der Waals surface area contributed by atoms with Crippen LogP contribution < -0.4 is 15.8 Å². The predicted octanol–water partition coefficient (Wildman–Crippen LogP) is 2.77. The molecule has 3 aromatic rings. The van der Waals surface area contributed by atoms with E-state index in [0.717, 1.165) is 5.75 Å². The lowest BCUT2D eigenvalue weighted by molar-refractivity contribution is 0.102. The zero-order valence-corrected chi connectivity index (χ0v) is 11.9. The van der Waals surface area contributed by atoms with E-state index in [1.54, 1.807) is 42.5 Å². The van der Waals surface area contributed by atoms with Gasteiger partial charge in [0.25, 0.3) is 5.91 Å². The Morgan fingerprint density at radius 1 is 1.23 bits per heavy atom. The molecule has 1 amide bonds. The van der Waals surface area contributed by atoms with Crippen LogP contribution in [0.4, 0.5) is 5.69 Å². The van der Waals surface area contributed by atoms with E-state index in [0.29, 0.717) is 29.0 Å². The molecule has 0 bridgehead atoms. The minimum Gasteiger partial charge on any atom is -0.494 e. The van der Waals surface area contributed by atoms with Crippen LogP contribution in [0, 0.1) is 0 Å². The second-order valence-corrected chi connectivity index (χ2v) is 4.64. The van der Waals surface area contributed by atoms with Gasteiger partial charge in [-0.3, -0.25) is 9.78 Å². The van der Waals surface area contributed by atoms with Crippen LogP contribution in [0.25, 0.3) is 11.1 Å². The highest BCUT2D eigenvalue weighted by molar-refractivity contribution is 6.04. The fraction of sp³-hybridized carbons (Fsp3) is 0.125. The summed E-state index contributed by atoms with van der Waals surface area (Å²) in [5.74, 6) is -0.0466. The van der Waals surface area contributed by atoms with Crippen LogP contribution in [-0.2, 0) is 0 Å². The van der Waals surface area contributed by atoms with Crippen LogP contribution in [-0.4, -0.2) is 17.5 Å². The Morgan fingerprint density at radius 2 is 2.00 bits per heavy atom. The highest BCUT2D eigenvalue weighted by atomic mass is 16.5. The SMILES string of the molecule is CCOc1ccc(C(=O)Nc2ccc3oc(=O)[nH]c3c2)cc1. The Labute approximate surface area is 125 Å². The minimum absolute atomic E-state index is 0.242. The van der Waals surface area contributed by atoms with Crippen LogP contribution in [0.1, 0.15) is 17.3 Å². The molecule has 22 heavy (non-hydrogen) atoms. The Bertz CT molecular complexity index is 862. The summed E-state index contributed by atoms with van der Waals surface area (Å²) in [6, 6.07) is 11.8. The summed E-state index contributed by atoms with van der Waals surface area (Å²) >= 11 is 0. The number of fused-ring (bicyclic) bond motifs is 1. The molecule has 2 aromatic carbocycles. The first-order valence-electron chi connectivity index (χ1n) is 6.83. The molecule has 0 fully saturated rings. The molecular formula is C16H14N2O4. The average molecular weight is 298 g/mol. The first-order chi connectivity index (χ1) is 10.7. The lowest BCUT2D eigenvalue weighted by Gasteiger charge is -2.06. The molecule has 0 unspecified atom stereocenters. The fourth-order valence-corrected chi connectivity index (χ4v) is 2.10. The van der Waals surface area contributed by atoms with Gasteiger partial charge >= 0.3 is 5.76 Å². The van der Waals surface area contributed by atoms with E-state index in [4.69, 9.17) is 9.15 Å². The van der Waals surface area contributed by atoms with E-state index in [1.807, 2.05) is 6.92 Å². The standard InChI is InChI=1S/C16H14N2O4/c1-2-21-12-6-3-10(4-7-12)15(19)17-11-5-8-14-13(9-11)18-16(20)22-14/h3-9H,2H2,1H3,(H,17,19)(H,18,20). The van der Waals surface area contributed by atoms with Crippen LogP contribution >= 0.6 is 0 Å². The molecule has 6 nitrogen and oxygen atoms in total. The number of oxazole rings is 1. The van der Waals surface area contributed by atoms with Gasteiger partial charge in [-0.2, -0.15) is 0 Å². The van der Waals surface area contributed by atoms with E-state index >= 15 is 0 Å². The van der Waals surface area contributed by atoms with Gasteiger partial charge in [0.1, 0.15) is 5.75 Å². The zero-order chi connectivity index (χ0) is 15.5. The predicted molar refractivity (Wildman–Crippen MR) is 82.4 cm³/mol. The number of rotatable bonds is 4. The Hall–Kier alpha value is -3.02. The number of nitrogens with one attached hydrogen (secondary N) is 2. The molecule has 0 aliphatic heterocycles. The zero-order valence-electron chi connectivity index (χ0n) is 11.9. The minimum atomic E-state index is -0.523. The Kier molecular flexibility index (Phi) is 3.65. The number of ether oxygens (including phenoxy) is 1. The van der Waals surface area contributed by atoms with Gasteiger partial charge in [-0.25, -0.2) is 4.79 Å². The second kappa shape index (κ2) is 5.77. The van der Waals surface area contributed by atoms with Gasteiger partial charge in [0.15, 0.2) is 5.58 Å². The molecule has 6 heteroatoms. The number of hydrogen-bond acceptors (Lipinski definition) is 4. The number of aromatic nitrogens is 1. The van der Waals surface area contributed by atoms with Crippen molar-refractivity contribution >= 4 is 22.7 Å². The van der Waals surface area contributed by atoms with Crippen molar-refractivity contribution in [3.63, 3.8) is 0 Å².